The Bertz CT molecular complexity index is 561. The summed E-state index contributed by atoms with van der Waals surface area (Å²) >= 11 is 0. The molecule has 0 aliphatic rings. The summed E-state index contributed by atoms with van der Waals surface area (Å²) in [6.45, 7) is 4.99. The zero-order chi connectivity index (χ0) is 13.0. The van der Waals surface area contributed by atoms with E-state index in [9.17, 15) is 4.79 Å². The minimum absolute atomic E-state index is 0.143. The van der Waals surface area contributed by atoms with Crippen molar-refractivity contribution < 1.29 is 0 Å². The largest absolute Gasteiger partial charge is 0.355 e. The van der Waals surface area contributed by atoms with Gasteiger partial charge < -0.3 is 5.32 Å². The van der Waals surface area contributed by atoms with Crippen molar-refractivity contribution in [1.82, 2.24) is 9.97 Å². The molecule has 2 N–H and O–H groups in total. The number of aromatic nitrogens is 2. The standard InChI is InChI=1S/C14H17N3O/c1-10(2)9-15-14-16-12(8-13(18)17-14)11-6-4-3-5-7-11/h3-8,10H,9H2,1-2H3,(H2,15,16,17,18). The maximum Gasteiger partial charge on any atom is 0.252 e. The van der Waals surface area contributed by atoms with Crippen LogP contribution in [0.1, 0.15) is 13.8 Å². The maximum absolute atomic E-state index is 11.6. The fraction of sp³-hybridized carbons (Fsp3) is 0.286. The van der Waals surface area contributed by atoms with Gasteiger partial charge in [0.05, 0.1) is 5.69 Å². The van der Waals surface area contributed by atoms with Crippen LogP contribution in [0, 0.1) is 5.92 Å². The van der Waals surface area contributed by atoms with Crippen molar-refractivity contribution in [3.63, 3.8) is 0 Å². The number of aromatic amines is 1. The molecule has 2 aromatic rings. The molecule has 18 heavy (non-hydrogen) atoms. The van der Waals surface area contributed by atoms with Gasteiger partial charge in [0.1, 0.15) is 0 Å². The smallest absolute Gasteiger partial charge is 0.252 e. The Labute approximate surface area is 106 Å². The molecule has 0 unspecified atom stereocenters. The molecule has 4 nitrogen and oxygen atoms in total. The van der Waals surface area contributed by atoms with Gasteiger partial charge in [0.2, 0.25) is 5.95 Å². The van der Waals surface area contributed by atoms with Gasteiger partial charge in [-0.2, -0.15) is 0 Å². The third-order valence-electron chi connectivity index (χ3n) is 2.49. The van der Waals surface area contributed by atoms with Crippen LogP contribution in [0.5, 0.6) is 0 Å². The SMILES string of the molecule is CC(C)CNc1nc(-c2ccccc2)cc(=O)[nH]1. The van der Waals surface area contributed by atoms with E-state index < -0.39 is 0 Å². The first-order valence-electron chi connectivity index (χ1n) is 6.06. The molecule has 0 saturated carbocycles. The molecule has 0 atom stereocenters. The van der Waals surface area contributed by atoms with Gasteiger partial charge in [0, 0.05) is 18.2 Å². The predicted molar refractivity (Wildman–Crippen MR) is 73.6 cm³/mol. The Hall–Kier alpha value is -2.10. The summed E-state index contributed by atoms with van der Waals surface area (Å²) in [5, 5.41) is 3.13. The Morgan fingerprint density at radius 1 is 1.28 bits per heavy atom. The maximum atomic E-state index is 11.6. The number of rotatable bonds is 4. The summed E-state index contributed by atoms with van der Waals surface area (Å²) < 4.78 is 0. The monoisotopic (exact) mass is 243 g/mol. The second-order valence-corrected chi connectivity index (χ2v) is 4.62. The van der Waals surface area contributed by atoms with Crippen LogP contribution in [0.25, 0.3) is 11.3 Å². The third-order valence-corrected chi connectivity index (χ3v) is 2.49. The molecule has 0 fully saturated rings. The quantitative estimate of drug-likeness (QED) is 0.867. The van der Waals surface area contributed by atoms with Crippen LogP contribution in [0.2, 0.25) is 0 Å². The highest BCUT2D eigenvalue weighted by Gasteiger charge is 2.03. The van der Waals surface area contributed by atoms with Gasteiger partial charge in [0.25, 0.3) is 5.56 Å². The van der Waals surface area contributed by atoms with Crippen molar-refractivity contribution in [2.45, 2.75) is 13.8 Å². The normalized spacial score (nSPS) is 10.6. The molecule has 2 rings (SSSR count). The van der Waals surface area contributed by atoms with E-state index in [1.165, 1.54) is 6.07 Å². The second-order valence-electron chi connectivity index (χ2n) is 4.62. The number of benzene rings is 1. The van der Waals surface area contributed by atoms with Crippen LogP contribution in [0.15, 0.2) is 41.2 Å². The molecular weight excluding hydrogens is 226 g/mol. The van der Waals surface area contributed by atoms with Crippen molar-refractivity contribution in [2.24, 2.45) is 5.92 Å². The Balaban J connectivity index is 2.30. The Kier molecular flexibility index (Phi) is 3.77. The van der Waals surface area contributed by atoms with Crippen LogP contribution in [0.3, 0.4) is 0 Å². The lowest BCUT2D eigenvalue weighted by Crippen LogP contribution is -2.15. The molecule has 0 bridgehead atoms. The number of hydrogen-bond acceptors (Lipinski definition) is 3. The number of hydrogen-bond donors (Lipinski definition) is 2. The average Bonchev–Trinajstić information content (AvgIpc) is 2.37. The molecule has 0 aliphatic carbocycles. The van der Waals surface area contributed by atoms with Gasteiger partial charge in [0.15, 0.2) is 0 Å². The van der Waals surface area contributed by atoms with Gasteiger partial charge >= 0.3 is 0 Å². The molecule has 0 radical (unpaired) electrons. The fourth-order valence-electron chi connectivity index (χ4n) is 1.60. The van der Waals surface area contributed by atoms with E-state index in [1.54, 1.807) is 0 Å². The first-order chi connectivity index (χ1) is 8.65. The zero-order valence-electron chi connectivity index (χ0n) is 10.6. The minimum atomic E-state index is -0.143. The lowest BCUT2D eigenvalue weighted by molar-refractivity contribution is 0.684. The second kappa shape index (κ2) is 5.49. The number of nitrogens with one attached hydrogen (secondary N) is 2. The van der Waals surface area contributed by atoms with E-state index in [2.05, 4.69) is 29.1 Å². The molecule has 0 saturated heterocycles. The minimum Gasteiger partial charge on any atom is -0.355 e. The third kappa shape index (κ3) is 3.20. The highest BCUT2D eigenvalue weighted by Crippen LogP contribution is 2.15. The van der Waals surface area contributed by atoms with Crippen LogP contribution in [-0.4, -0.2) is 16.5 Å². The lowest BCUT2D eigenvalue weighted by atomic mass is 10.1. The Morgan fingerprint density at radius 2 is 2.00 bits per heavy atom. The number of nitrogens with zero attached hydrogens (tertiary/aromatic N) is 1. The van der Waals surface area contributed by atoms with Crippen LogP contribution in [0.4, 0.5) is 5.95 Å². The topological polar surface area (TPSA) is 57.8 Å². The van der Waals surface area contributed by atoms with Crippen molar-refractivity contribution in [2.75, 3.05) is 11.9 Å². The van der Waals surface area contributed by atoms with Crippen LogP contribution < -0.4 is 10.9 Å². The summed E-state index contributed by atoms with van der Waals surface area (Å²) in [6.07, 6.45) is 0. The molecule has 0 aliphatic heterocycles. The van der Waals surface area contributed by atoms with Crippen LogP contribution in [-0.2, 0) is 0 Å². The molecule has 0 spiro atoms. The highest BCUT2D eigenvalue weighted by atomic mass is 16.1. The summed E-state index contributed by atoms with van der Waals surface area (Å²) in [5.41, 5.74) is 1.48. The highest BCUT2D eigenvalue weighted by molar-refractivity contribution is 5.59. The van der Waals surface area contributed by atoms with Crippen molar-refractivity contribution >= 4 is 5.95 Å². The zero-order valence-corrected chi connectivity index (χ0v) is 10.6. The summed E-state index contributed by atoms with van der Waals surface area (Å²) in [4.78, 5) is 18.7. The van der Waals surface area contributed by atoms with Gasteiger partial charge in [-0.05, 0) is 5.92 Å². The number of anilines is 1. The fourth-order valence-corrected chi connectivity index (χ4v) is 1.60. The molecule has 1 aromatic heterocycles. The van der Waals surface area contributed by atoms with Crippen LogP contribution >= 0.6 is 0 Å². The summed E-state index contributed by atoms with van der Waals surface area (Å²) in [5.74, 6) is 1.02. The summed E-state index contributed by atoms with van der Waals surface area (Å²) in [7, 11) is 0. The van der Waals surface area contributed by atoms with E-state index in [0.717, 1.165) is 12.1 Å². The van der Waals surface area contributed by atoms with Gasteiger partial charge in [-0.1, -0.05) is 44.2 Å². The van der Waals surface area contributed by atoms with Crippen molar-refractivity contribution in [1.29, 1.82) is 0 Å². The van der Waals surface area contributed by atoms with E-state index in [4.69, 9.17) is 0 Å². The average molecular weight is 243 g/mol. The summed E-state index contributed by atoms with van der Waals surface area (Å²) in [6, 6.07) is 11.2. The van der Waals surface area contributed by atoms with E-state index in [1.807, 2.05) is 30.3 Å². The molecule has 0 amide bonds. The Morgan fingerprint density at radius 3 is 2.67 bits per heavy atom. The van der Waals surface area contributed by atoms with E-state index in [-0.39, 0.29) is 5.56 Å². The van der Waals surface area contributed by atoms with Crippen molar-refractivity contribution in [3.05, 3.63) is 46.8 Å². The van der Waals surface area contributed by atoms with Crippen molar-refractivity contribution in [3.8, 4) is 11.3 Å². The molecule has 4 heteroatoms. The lowest BCUT2D eigenvalue weighted by Gasteiger charge is -2.09. The van der Waals surface area contributed by atoms with Gasteiger partial charge in [-0.3, -0.25) is 9.78 Å². The van der Waals surface area contributed by atoms with Gasteiger partial charge in [-0.15, -0.1) is 0 Å². The predicted octanol–water partition coefficient (Wildman–Crippen LogP) is 2.50. The molecule has 1 heterocycles. The van der Waals surface area contributed by atoms with Gasteiger partial charge in [-0.25, -0.2) is 4.98 Å². The molecule has 1 aromatic carbocycles. The first kappa shape index (κ1) is 12.4. The van der Waals surface area contributed by atoms with E-state index in [0.29, 0.717) is 17.6 Å². The number of H-pyrrole nitrogens is 1. The molecule has 94 valence electrons. The van der Waals surface area contributed by atoms with E-state index >= 15 is 0 Å². The molecular formula is C14H17N3O. The first-order valence-corrected chi connectivity index (χ1v) is 6.06.